The van der Waals surface area contributed by atoms with E-state index >= 15 is 0 Å². The number of aromatic nitrogens is 1. The van der Waals surface area contributed by atoms with E-state index in [1.165, 1.54) is 23.3 Å². The van der Waals surface area contributed by atoms with Gasteiger partial charge in [0.2, 0.25) is 10.0 Å². The highest BCUT2D eigenvalue weighted by Gasteiger charge is 2.43. The molecule has 1 saturated heterocycles. The van der Waals surface area contributed by atoms with Crippen LogP contribution in [0.1, 0.15) is 49.5 Å². The summed E-state index contributed by atoms with van der Waals surface area (Å²) in [5, 5.41) is 0. The first-order valence-corrected chi connectivity index (χ1v) is 9.74. The number of piperidine rings is 1. The van der Waals surface area contributed by atoms with E-state index in [0.29, 0.717) is 18.4 Å². The number of sulfonamides is 1. The van der Waals surface area contributed by atoms with Gasteiger partial charge in [-0.15, -0.1) is 0 Å². The van der Waals surface area contributed by atoms with Gasteiger partial charge in [-0.05, 0) is 43.6 Å². The highest BCUT2D eigenvalue weighted by atomic mass is 32.2. The first-order valence-electron chi connectivity index (χ1n) is 8.30. The van der Waals surface area contributed by atoms with Gasteiger partial charge in [-0.2, -0.15) is 4.31 Å². The Morgan fingerprint density at radius 2 is 1.96 bits per heavy atom. The molecule has 23 heavy (non-hydrogen) atoms. The fourth-order valence-corrected chi connectivity index (χ4v) is 6.23. The fourth-order valence-electron chi connectivity index (χ4n) is 4.34. The molecule has 3 rings (SSSR count). The van der Waals surface area contributed by atoms with Crippen molar-refractivity contribution in [1.82, 2.24) is 8.87 Å². The summed E-state index contributed by atoms with van der Waals surface area (Å²) in [7, 11) is -1.96. The monoisotopic (exact) mass is 339 g/mol. The molecular weight excluding hydrogens is 314 g/mol. The molecule has 3 atom stereocenters. The molecule has 1 saturated carbocycles. The lowest BCUT2D eigenvalue weighted by atomic mass is 9.74. The summed E-state index contributed by atoms with van der Waals surface area (Å²) in [6.45, 7) is 2.72. The summed E-state index contributed by atoms with van der Waals surface area (Å²) in [6, 6.07) is 1.48. The minimum absolute atomic E-state index is 0.0831. The van der Waals surface area contributed by atoms with Crippen LogP contribution in [0.15, 0.2) is 17.2 Å². The van der Waals surface area contributed by atoms with Crippen molar-refractivity contribution in [1.29, 1.82) is 0 Å². The average molecular weight is 339 g/mol. The number of amides is 1. The Morgan fingerprint density at radius 1 is 1.26 bits per heavy atom. The SMILES string of the molecule is C[C@@H]1CCC[C@H]2CCCN(S(=O)(=O)c3cc(C(N)=O)n(C)c3)[C@H]21. The number of hydrogen-bond acceptors (Lipinski definition) is 3. The van der Waals surface area contributed by atoms with E-state index in [4.69, 9.17) is 5.73 Å². The van der Waals surface area contributed by atoms with Crippen LogP contribution in [0.3, 0.4) is 0 Å². The van der Waals surface area contributed by atoms with Crippen LogP contribution in [0.4, 0.5) is 0 Å². The van der Waals surface area contributed by atoms with Crippen LogP contribution < -0.4 is 5.73 Å². The molecule has 6 nitrogen and oxygen atoms in total. The summed E-state index contributed by atoms with van der Waals surface area (Å²) in [6.07, 6.45) is 6.89. The number of carbonyl (C=O) groups excluding carboxylic acids is 1. The van der Waals surface area contributed by atoms with Gasteiger partial charge in [0.15, 0.2) is 0 Å². The number of nitrogens with zero attached hydrogens (tertiary/aromatic N) is 2. The fraction of sp³-hybridized carbons (Fsp3) is 0.688. The van der Waals surface area contributed by atoms with Gasteiger partial charge in [-0.25, -0.2) is 8.42 Å². The van der Waals surface area contributed by atoms with E-state index in [2.05, 4.69) is 6.92 Å². The van der Waals surface area contributed by atoms with E-state index in [9.17, 15) is 13.2 Å². The number of hydrogen-bond donors (Lipinski definition) is 1. The molecule has 1 aliphatic carbocycles. The lowest BCUT2D eigenvalue weighted by molar-refractivity contribution is 0.0844. The zero-order chi connectivity index (χ0) is 16.8. The number of primary amides is 1. The van der Waals surface area contributed by atoms with Gasteiger partial charge >= 0.3 is 0 Å². The minimum atomic E-state index is -3.60. The maximum Gasteiger partial charge on any atom is 0.265 e. The Bertz CT molecular complexity index is 708. The standard InChI is InChI=1S/C16H25N3O3S/c1-11-5-3-6-12-7-4-8-19(15(11)12)23(21,22)13-9-14(16(17)20)18(2)10-13/h9-12,15H,3-8H2,1-2H3,(H2,17,20)/t11-,12+,15+/m1/s1. The molecule has 1 aromatic rings. The number of fused-ring (bicyclic) bond motifs is 1. The largest absolute Gasteiger partial charge is 0.364 e. The van der Waals surface area contributed by atoms with Gasteiger partial charge in [0.1, 0.15) is 10.6 Å². The van der Waals surface area contributed by atoms with Crippen molar-refractivity contribution in [2.45, 2.75) is 50.0 Å². The predicted molar refractivity (Wildman–Crippen MR) is 87.3 cm³/mol. The van der Waals surface area contributed by atoms with Crippen molar-refractivity contribution in [3.05, 3.63) is 18.0 Å². The summed E-state index contributed by atoms with van der Waals surface area (Å²) >= 11 is 0. The summed E-state index contributed by atoms with van der Waals surface area (Å²) < 4.78 is 29.4. The molecule has 0 radical (unpaired) electrons. The lowest BCUT2D eigenvalue weighted by Crippen LogP contribution is -2.52. The predicted octanol–water partition coefficient (Wildman–Crippen LogP) is 1.71. The van der Waals surface area contributed by atoms with Crippen LogP contribution in [-0.4, -0.2) is 35.8 Å². The second-order valence-corrected chi connectivity index (χ2v) is 8.84. The van der Waals surface area contributed by atoms with Gasteiger partial charge in [-0.1, -0.05) is 13.3 Å². The van der Waals surface area contributed by atoms with Gasteiger partial charge in [-0.3, -0.25) is 4.79 Å². The maximum atomic E-state index is 13.1. The second kappa shape index (κ2) is 5.94. The van der Waals surface area contributed by atoms with E-state index in [1.807, 2.05) is 0 Å². The molecule has 1 aliphatic heterocycles. The van der Waals surface area contributed by atoms with Crippen molar-refractivity contribution < 1.29 is 13.2 Å². The first kappa shape index (κ1) is 16.5. The molecule has 0 bridgehead atoms. The third-order valence-electron chi connectivity index (χ3n) is 5.43. The molecule has 2 aliphatic rings. The highest BCUT2D eigenvalue weighted by molar-refractivity contribution is 7.89. The highest BCUT2D eigenvalue weighted by Crippen LogP contribution is 2.41. The molecule has 0 aromatic carbocycles. The first-order chi connectivity index (χ1) is 10.8. The number of rotatable bonds is 3. The van der Waals surface area contributed by atoms with Gasteiger partial charge in [0.05, 0.1) is 0 Å². The van der Waals surface area contributed by atoms with Crippen LogP contribution in [-0.2, 0) is 17.1 Å². The molecule has 0 unspecified atom stereocenters. The van der Waals surface area contributed by atoms with Crippen LogP contribution in [0.5, 0.6) is 0 Å². The zero-order valence-corrected chi connectivity index (χ0v) is 14.6. The van der Waals surface area contributed by atoms with Crippen molar-refractivity contribution in [2.75, 3.05) is 6.54 Å². The van der Waals surface area contributed by atoms with E-state index in [0.717, 1.165) is 25.7 Å². The Labute approximate surface area is 137 Å². The van der Waals surface area contributed by atoms with E-state index < -0.39 is 15.9 Å². The third-order valence-corrected chi connectivity index (χ3v) is 7.29. The van der Waals surface area contributed by atoms with Gasteiger partial charge in [0, 0.05) is 25.8 Å². The molecule has 2 fully saturated rings. The zero-order valence-electron chi connectivity index (χ0n) is 13.7. The van der Waals surface area contributed by atoms with Crippen LogP contribution in [0.25, 0.3) is 0 Å². The minimum Gasteiger partial charge on any atom is -0.364 e. The Morgan fingerprint density at radius 3 is 2.61 bits per heavy atom. The smallest absolute Gasteiger partial charge is 0.265 e. The summed E-state index contributed by atoms with van der Waals surface area (Å²) in [4.78, 5) is 11.6. The number of aryl methyl sites for hydroxylation is 1. The number of nitrogens with two attached hydrogens (primary N) is 1. The Kier molecular flexibility index (Phi) is 4.27. The molecule has 2 heterocycles. The number of carbonyl (C=O) groups is 1. The lowest BCUT2D eigenvalue weighted by Gasteiger charge is -2.46. The van der Waals surface area contributed by atoms with Crippen molar-refractivity contribution in [3.8, 4) is 0 Å². The molecule has 1 amide bonds. The quantitative estimate of drug-likeness (QED) is 0.910. The van der Waals surface area contributed by atoms with E-state index in [1.54, 1.807) is 11.4 Å². The Balaban J connectivity index is 1.98. The average Bonchev–Trinajstić information content (AvgIpc) is 2.90. The molecule has 0 spiro atoms. The van der Waals surface area contributed by atoms with Crippen LogP contribution >= 0.6 is 0 Å². The van der Waals surface area contributed by atoms with Crippen molar-refractivity contribution in [2.24, 2.45) is 24.6 Å². The molecular formula is C16H25N3O3S. The maximum absolute atomic E-state index is 13.1. The topological polar surface area (TPSA) is 85.4 Å². The molecule has 128 valence electrons. The normalized spacial score (nSPS) is 29.2. The third kappa shape index (κ3) is 2.80. The van der Waals surface area contributed by atoms with Crippen molar-refractivity contribution >= 4 is 15.9 Å². The van der Waals surface area contributed by atoms with Crippen molar-refractivity contribution in [3.63, 3.8) is 0 Å². The van der Waals surface area contributed by atoms with E-state index in [-0.39, 0.29) is 16.6 Å². The summed E-state index contributed by atoms with van der Waals surface area (Å²) in [5.74, 6) is 0.223. The molecule has 7 heteroatoms. The summed E-state index contributed by atoms with van der Waals surface area (Å²) in [5.41, 5.74) is 5.53. The molecule has 1 aromatic heterocycles. The van der Waals surface area contributed by atoms with Gasteiger partial charge < -0.3 is 10.3 Å². The molecule has 2 N–H and O–H groups in total. The Hall–Kier alpha value is -1.34. The van der Waals surface area contributed by atoms with Crippen LogP contribution in [0.2, 0.25) is 0 Å². The second-order valence-electron chi connectivity index (χ2n) is 6.95. The van der Waals surface area contributed by atoms with Gasteiger partial charge in [0.25, 0.3) is 5.91 Å². The van der Waals surface area contributed by atoms with Crippen LogP contribution in [0, 0.1) is 11.8 Å².